The summed E-state index contributed by atoms with van der Waals surface area (Å²) >= 11 is 0.702. The number of carbonyl (C=O) groups is 1. The summed E-state index contributed by atoms with van der Waals surface area (Å²) in [6, 6.07) is 13.6. The molecule has 3 aromatic carbocycles. The van der Waals surface area contributed by atoms with E-state index in [1.165, 1.54) is 41.7 Å². The zero-order valence-electron chi connectivity index (χ0n) is 19.1. The maximum atomic E-state index is 14.1. The van der Waals surface area contributed by atoms with Gasteiger partial charge in [0.05, 0.1) is 22.3 Å². The van der Waals surface area contributed by atoms with Gasteiger partial charge in [-0.1, -0.05) is 6.07 Å². The molecule has 5 rings (SSSR count). The van der Waals surface area contributed by atoms with Gasteiger partial charge in [0.1, 0.15) is 23.0 Å². The summed E-state index contributed by atoms with van der Waals surface area (Å²) in [5.41, 5.74) is 2.95. The van der Waals surface area contributed by atoms with Crippen LogP contribution in [-0.4, -0.2) is 21.7 Å². The van der Waals surface area contributed by atoms with Gasteiger partial charge in [-0.3, -0.25) is 13.7 Å². The van der Waals surface area contributed by atoms with E-state index in [0.29, 0.717) is 37.8 Å². The lowest BCUT2D eigenvalue weighted by Crippen LogP contribution is -2.25. The number of fused-ring (bicyclic) bond motifs is 1. The molecule has 186 valence electrons. The van der Waals surface area contributed by atoms with Crippen molar-refractivity contribution in [3.05, 3.63) is 87.4 Å². The first-order valence-corrected chi connectivity index (χ1v) is 13.0. The van der Waals surface area contributed by atoms with E-state index < -0.39 is 22.9 Å². The number of benzene rings is 3. The molecule has 1 unspecified atom stereocenters. The Bertz CT molecular complexity index is 1500. The zero-order valence-corrected chi connectivity index (χ0v) is 21.5. The number of nitrogens with zero attached hydrogens (tertiary/aromatic N) is 1. The highest BCUT2D eigenvalue weighted by molar-refractivity contribution is 9.10. The van der Waals surface area contributed by atoms with Crippen LogP contribution >= 0.6 is 15.9 Å². The van der Waals surface area contributed by atoms with E-state index in [-0.39, 0.29) is 24.1 Å². The molecule has 1 aromatic heterocycles. The molecule has 0 saturated heterocycles. The summed E-state index contributed by atoms with van der Waals surface area (Å²) in [4.78, 5) is 12.9. The SMILES string of the molecule is CNC(=O)c1c(-c2ccc(F)cc2)oc2cc(N(Cc3ccc(Br)c(F)c3)S(=O)O)c(C3CC3)cc12. The van der Waals surface area contributed by atoms with Gasteiger partial charge < -0.3 is 9.73 Å². The number of hydrogen-bond acceptors (Lipinski definition) is 3. The summed E-state index contributed by atoms with van der Waals surface area (Å²) < 4.78 is 58.0. The van der Waals surface area contributed by atoms with Crippen LogP contribution in [0.1, 0.15) is 40.2 Å². The van der Waals surface area contributed by atoms with E-state index in [1.54, 1.807) is 18.2 Å². The molecule has 1 saturated carbocycles. The van der Waals surface area contributed by atoms with Crippen molar-refractivity contribution in [1.82, 2.24) is 5.32 Å². The second-order valence-corrected chi connectivity index (χ2v) is 10.3. The predicted octanol–water partition coefficient (Wildman–Crippen LogP) is 6.52. The number of amides is 1. The Kier molecular flexibility index (Phi) is 6.67. The van der Waals surface area contributed by atoms with E-state index in [2.05, 4.69) is 21.2 Å². The number of furan rings is 1. The van der Waals surface area contributed by atoms with Crippen molar-refractivity contribution >= 4 is 49.8 Å². The normalized spacial score (nSPS) is 14.1. The minimum atomic E-state index is -2.42. The quantitative estimate of drug-likeness (QED) is 0.246. The van der Waals surface area contributed by atoms with E-state index in [0.717, 1.165) is 18.4 Å². The number of rotatable bonds is 7. The van der Waals surface area contributed by atoms with Gasteiger partial charge in [-0.2, -0.15) is 0 Å². The Morgan fingerprint density at radius 3 is 2.50 bits per heavy atom. The van der Waals surface area contributed by atoms with Gasteiger partial charge in [0.15, 0.2) is 0 Å². The van der Waals surface area contributed by atoms with Crippen molar-refractivity contribution in [2.75, 3.05) is 11.4 Å². The summed E-state index contributed by atoms with van der Waals surface area (Å²) in [6.07, 6.45) is 1.80. The number of hydrogen-bond donors (Lipinski definition) is 2. The molecule has 1 atom stereocenters. The lowest BCUT2D eigenvalue weighted by molar-refractivity contribution is 0.0964. The molecule has 36 heavy (non-hydrogen) atoms. The Labute approximate surface area is 216 Å². The molecule has 4 aromatic rings. The molecule has 1 heterocycles. The van der Waals surface area contributed by atoms with E-state index in [1.807, 2.05) is 6.07 Å². The summed E-state index contributed by atoms with van der Waals surface area (Å²) in [6.45, 7) is -0.0215. The molecule has 2 N–H and O–H groups in total. The third-order valence-corrected chi connectivity index (χ3v) is 7.53. The zero-order chi connectivity index (χ0) is 25.6. The van der Waals surface area contributed by atoms with Crippen LogP contribution in [0.2, 0.25) is 0 Å². The summed E-state index contributed by atoms with van der Waals surface area (Å²) in [5.74, 6) is -0.830. The van der Waals surface area contributed by atoms with Gasteiger partial charge in [-0.25, -0.2) is 13.0 Å². The van der Waals surface area contributed by atoms with Crippen molar-refractivity contribution in [1.29, 1.82) is 0 Å². The van der Waals surface area contributed by atoms with Crippen molar-refractivity contribution < 1.29 is 26.8 Å². The fourth-order valence-electron chi connectivity index (χ4n) is 4.27. The van der Waals surface area contributed by atoms with Gasteiger partial charge in [0.25, 0.3) is 17.2 Å². The minimum Gasteiger partial charge on any atom is -0.455 e. The molecule has 1 aliphatic carbocycles. The molecule has 0 bridgehead atoms. The Balaban J connectivity index is 1.68. The van der Waals surface area contributed by atoms with Crippen molar-refractivity contribution in [2.45, 2.75) is 25.3 Å². The first kappa shape index (κ1) is 24.6. The summed E-state index contributed by atoms with van der Waals surface area (Å²) in [5, 5.41) is 3.19. The van der Waals surface area contributed by atoms with E-state index >= 15 is 0 Å². The van der Waals surface area contributed by atoms with Crippen LogP contribution in [0.25, 0.3) is 22.3 Å². The van der Waals surface area contributed by atoms with Gasteiger partial charge in [-0.05, 0) is 88.3 Å². The number of anilines is 1. The van der Waals surface area contributed by atoms with Crippen LogP contribution in [0.3, 0.4) is 0 Å². The number of carbonyl (C=O) groups excluding carboxylic acids is 1. The van der Waals surface area contributed by atoms with E-state index in [9.17, 15) is 22.3 Å². The highest BCUT2D eigenvalue weighted by Gasteiger charge is 2.32. The average molecular weight is 575 g/mol. The standard InChI is InChI=1S/C26H21BrF2N2O4S/c1-30-26(32)24-19-11-18(15-3-4-15)22(12-23(19)35-25(24)16-5-7-17(28)8-6-16)31(36(33)34)13-14-2-9-20(27)21(29)10-14/h2,5-12,15H,3-4,13H2,1H3,(H,30,32)(H,33,34). The largest absolute Gasteiger partial charge is 0.455 e. The fraction of sp³-hybridized carbons (Fsp3) is 0.192. The fourth-order valence-corrected chi connectivity index (χ4v) is 5.10. The van der Waals surface area contributed by atoms with Crippen LogP contribution < -0.4 is 9.62 Å². The lowest BCUT2D eigenvalue weighted by atomic mass is 10.00. The van der Waals surface area contributed by atoms with Crippen LogP contribution in [-0.2, 0) is 17.8 Å². The molecule has 1 aliphatic rings. The topological polar surface area (TPSA) is 82.8 Å². The van der Waals surface area contributed by atoms with Crippen LogP contribution in [0, 0.1) is 11.6 Å². The molecule has 0 spiro atoms. The molecule has 0 aliphatic heterocycles. The van der Waals surface area contributed by atoms with Crippen LogP contribution in [0.5, 0.6) is 0 Å². The average Bonchev–Trinajstić information content (AvgIpc) is 3.64. The summed E-state index contributed by atoms with van der Waals surface area (Å²) in [7, 11) is 1.51. The smallest absolute Gasteiger partial charge is 0.262 e. The second-order valence-electron chi connectivity index (χ2n) is 8.59. The van der Waals surface area contributed by atoms with Crippen molar-refractivity contribution in [3.63, 3.8) is 0 Å². The lowest BCUT2D eigenvalue weighted by Gasteiger charge is -2.23. The highest BCUT2D eigenvalue weighted by atomic mass is 79.9. The first-order valence-electron chi connectivity index (χ1n) is 11.2. The van der Waals surface area contributed by atoms with Crippen molar-refractivity contribution in [3.8, 4) is 11.3 Å². The molecule has 1 fully saturated rings. The molecular weight excluding hydrogens is 554 g/mol. The molecule has 6 nitrogen and oxygen atoms in total. The molecule has 1 amide bonds. The van der Waals surface area contributed by atoms with Crippen molar-refractivity contribution in [2.24, 2.45) is 0 Å². The van der Waals surface area contributed by atoms with Gasteiger partial charge in [-0.15, -0.1) is 0 Å². The number of halogens is 3. The predicted molar refractivity (Wildman–Crippen MR) is 138 cm³/mol. The third kappa shape index (κ3) is 4.68. The Morgan fingerprint density at radius 1 is 1.17 bits per heavy atom. The second kappa shape index (κ2) is 9.76. The van der Waals surface area contributed by atoms with Crippen LogP contribution in [0.15, 0.2) is 63.5 Å². The molecule has 10 heteroatoms. The Hall–Kier alpha value is -3.08. The van der Waals surface area contributed by atoms with Gasteiger partial charge >= 0.3 is 0 Å². The minimum absolute atomic E-state index is 0.0215. The van der Waals surface area contributed by atoms with Gasteiger partial charge in [0.2, 0.25) is 0 Å². The maximum Gasteiger partial charge on any atom is 0.262 e. The monoisotopic (exact) mass is 574 g/mol. The molecule has 0 radical (unpaired) electrons. The van der Waals surface area contributed by atoms with Gasteiger partial charge in [0, 0.05) is 24.1 Å². The molecular formula is C26H21BrF2N2O4S. The number of nitrogens with one attached hydrogen (secondary N) is 1. The highest BCUT2D eigenvalue weighted by Crippen LogP contribution is 2.48. The third-order valence-electron chi connectivity index (χ3n) is 6.18. The Morgan fingerprint density at radius 2 is 1.89 bits per heavy atom. The first-order chi connectivity index (χ1) is 17.3. The van der Waals surface area contributed by atoms with E-state index in [4.69, 9.17) is 4.42 Å². The van der Waals surface area contributed by atoms with Crippen LogP contribution in [0.4, 0.5) is 14.5 Å². The maximum absolute atomic E-state index is 14.1.